The largest absolute Gasteiger partial charge is 0.416 e. The molecule has 1 aliphatic heterocycles. The summed E-state index contributed by atoms with van der Waals surface area (Å²) in [6, 6.07) is 6.50. The smallest absolute Gasteiger partial charge is 0.358 e. The number of hydrogen-bond donors (Lipinski definition) is 2. The molecule has 0 atom stereocenters. The minimum atomic E-state index is -4.98. The molecule has 2 N–H and O–H groups in total. The van der Waals surface area contributed by atoms with E-state index in [0.717, 1.165) is 17.8 Å². The Morgan fingerprint density at radius 1 is 1.05 bits per heavy atom. The Morgan fingerprint density at radius 3 is 2.58 bits per heavy atom. The number of carbonyl (C=O) groups is 1. The molecule has 15 heteroatoms. The monoisotopic (exact) mass is 551 g/mol. The van der Waals surface area contributed by atoms with Gasteiger partial charge in [-0.25, -0.2) is 0 Å². The molecule has 196 valence electrons. The number of hydrogen-bond acceptors (Lipinski definition) is 6. The molecule has 38 heavy (non-hydrogen) atoms. The minimum absolute atomic E-state index is 0.110. The normalized spacial score (nSPS) is 15.5. The average molecular weight is 551 g/mol. The summed E-state index contributed by atoms with van der Waals surface area (Å²) in [5, 5.41) is 18.1. The second-order valence-electron chi connectivity index (χ2n) is 8.14. The molecule has 1 aliphatic rings. The molecular weight excluding hydrogens is 536 g/mol. The zero-order chi connectivity index (χ0) is 27.1. The van der Waals surface area contributed by atoms with E-state index in [2.05, 4.69) is 30.8 Å². The number of thioether (sulfide) groups is 1. The van der Waals surface area contributed by atoms with Crippen LogP contribution in [-0.4, -0.2) is 36.3 Å². The first kappa shape index (κ1) is 25.5. The van der Waals surface area contributed by atoms with Crippen LogP contribution < -0.4 is 5.32 Å². The van der Waals surface area contributed by atoms with Crippen LogP contribution in [0.5, 0.6) is 0 Å². The van der Waals surface area contributed by atoms with Crippen molar-refractivity contribution >= 4 is 39.8 Å². The molecule has 2 aromatic carbocycles. The van der Waals surface area contributed by atoms with Crippen LogP contribution in [0.25, 0.3) is 17.0 Å². The van der Waals surface area contributed by atoms with Gasteiger partial charge in [0.2, 0.25) is 0 Å². The standard InChI is InChI=1S/C23H15F6N7OS/c24-22(25,26)15-3-2-13(17(7-15)23(27,28)29)11-36-18-4-1-12(5-14(18)8-32-36)6-19-20(37)33-21(38-19)30-9-16-10-31-35-34-16/h1-8,10H,9,11H2,(H,30,33,37)(H,31,34,35). The fraction of sp³-hybridized carbons (Fsp3) is 0.174. The summed E-state index contributed by atoms with van der Waals surface area (Å²) in [5.74, 6) is -0.435. The van der Waals surface area contributed by atoms with Gasteiger partial charge in [-0.05, 0) is 53.2 Å². The fourth-order valence-electron chi connectivity index (χ4n) is 3.75. The number of amides is 1. The summed E-state index contributed by atoms with van der Waals surface area (Å²) in [6.07, 6.45) is -5.23. The van der Waals surface area contributed by atoms with Crippen LogP contribution in [-0.2, 0) is 30.2 Å². The molecule has 0 saturated heterocycles. The zero-order valence-corrected chi connectivity index (χ0v) is 19.7. The van der Waals surface area contributed by atoms with Crippen molar-refractivity contribution < 1.29 is 31.1 Å². The molecule has 0 bridgehead atoms. The molecule has 0 radical (unpaired) electrons. The van der Waals surface area contributed by atoms with Crippen LogP contribution in [0, 0.1) is 0 Å². The van der Waals surface area contributed by atoms with Crippen molar-refractivity contribution in [2.24, 2.45) is 4.99 Å². The zero-order valence-electron chi connectivity index (χ0n) is 18.9. The van der Waals surface area contributed by atoms with Crippen LogP contribution in [0.1, 0.15) is 27.9 Å². The van der Waals surface area contributed by atoms with Crippen LogP contribution in [0.2, 0.25) is 0 Å². The third-order valence-corrected chi connectivity index (χ3v) is 6.48. The SMILES string of the molecule is O=C1N=C(NCc2c[nH]nn2)SC1=Cc1ccc2c(cnn2Cc2ccc(C(F)(F)F)cc2C(F)(F)F)c1. The second-order valence-corrected chi connectivity index (χ2v) is 9.17. The first-order chi connectivity index (χ1) is 18.0. The lowest BCUT2D eigenvalue weighted by Crippen LogP contribution is -2.18. The number of aromatic nitrogens is 5. The maximum absolute atomic E-state index is 13.5. The van der Waals surface area contributed by atoms with E-state index in [1.807, 2.05) is 0 Å². The first-order valence-corrected chi connectivity index (χ1v) is 11.6. The number of benzene rings is 2. The molecule has 0 unspecified atom stereocenters. The summed E-state index contributed by atoms with van der Waals surface area (Å²) < 4.78 is 80.8. The first-order valence-electron chi connectivity index (χ1n) is 10.8. The van der Waals surface area contributed by atoms with Crippen LogP contribution in [0.3, 0.4) is 0 Å². The maximum Gasteiger partial charge on any atom is 0.416 e. The lowest BCUT2D eigenvalue weighted by molar-refractivity contribution is -0.143. The Morgan fingerprint density at radius 2 is 1.87 bits per heavy atom. The highest BCUT2D eigenvalue weighted by atomic mass is 32.2. The number of H-pyrrole nitrogens is 1. The van der Waals surface area contributed by atoms with Gasteiger partial charge in [0.1, 0.15) is 5.69 Å². The predicted octanol–water partition coefficient (Wildman–Crippen LogP) is 5.00. The molecule has 0 saturated carbocycles. The number of aliphatic imine (C=N–C) groups is 1. The molecule has 2 aromatic heterocycles. The van der Waals surface area contributed by atoms with E-state index in [-0.39, 0.29) is 18.2 Å². The molecule has 4 aromatic rings. The molecule has 0 aliphatic carbocycles. The van der Waals surface area contributed by atoms with Crippen molar-refractivity contribution in [1.82, 2.24) is 30.5 Å². The predicted molar refractivity (Wildman–Crippen MR) is 127 cm³/mol. The summed E-state index contributed by atoms with van der Waals surface area (Å²) in [6.45, 7) is -0.0668. The van der Waals surface area contributed by atoms with E-state index in [1.54, 1.807) is 30.5 Å². The average Bonchev–Trinajstić information content (AvgIpc) is 3.58. The summed E-state index contributed by atoms with van der Waals surface area (Å²) in [5.41, 5.74) is -1.36. The molecule has 3 heterocycles. The van der Waals surface area contributed by atoms with Crippen molar-refractivity contribution in [3.63, 3.8) is 0 Å². The Balaban J connectivity index is 1.35. The highest BCUT2D eigenvalue weighted by Crippen LogP contribution is 2.38. The van der Waals surface area contributed by atoms with Gasteiger partial charge < -0.3 is 5.32 Å². The fourth-order valence-corrected chi connectivity index (χ4v) is 4.56. The van der Waals surface area contributed by atoms with Gasteiger partial charge in [-0.1, -0.05) is 17.3 Å². The van der Waals surface area contributed by atoms with E-state index in [9.17, 15) is 31.1 Å². The Hall–Kier alpha value is -4.14. The van der Waals surface area contributed by atoms with E-state index >= 15 is 0 Å². The van der Waals surface area contributed by atoms with E-state index in [1.165, 1.54) is 10.9 Å². The van der Waals surface area contributed by atoms with Gasteiger partial charge >= 0.3 is 12.4 Å². The van der Waals surface area contributed by atoms with Gasteiger partial charge in [-0.2, -0.15) is 36.4 Å². The van der Waals surface area contributed by atoms with E-state index in [4.69, 9.17) is 0 Å². The van der Waals surface area contributed by atoms with Crippen molar-refractivity contribution in [3.8, 4) is 0 Å². The van der Waals surface area contributed by atoms with E-state index in [0.29, 0.717) is 44.8 Å². The topological polar surface area (TPSA) is 101 Å². The van der Waals surface area contributed by atoms with Crippen LogP contribution in [0.4, 0.5) is 26.3 Å². The molecule has 1 amide bonds. The number of nitrogens with zero attached hydrogens (tertiary/aromatic N) is 5. The molecule has 0 spiro atoms. The molecule has 8 nitrogen and oxygen atoms in total. The van der Waals surface area contributed by atoms with Crippen molar-refractivity contribution in [1.29, 1.82) is 0 Å². The number of carbonyl (C=O) groups excluding carboxylic acids is 1. The number of amidine groups is 1. The summed E-state index contributed by atoms with van der Waals surface area (Å²) in [7, 11) is 0. The van der Waals surface area contributed by atoms with E-state index < -0.39 is 29.4 Å². The number of nitrogens with one attached hydrogen (secondary N) is 2. The number of aromatic amines is 1. The summed E-state index contributed by atoms with van der Waals surface area (Å²) >= 11 is 1.14. The number of alkyl halides is 6. The molecule has 5 rings (SSSR count). The lowest BCUT2D eigenvalue weighted by Gasteiger charge is -2.16. The highest BCUT2D eigenvalue weighted by molar-refractivity contribution is 8.18. The summed E-state index contributed by atoms with van der Waals surface area (Å²) in [4.78, 5) is 16.6. The van der Waals surface area contributed by atoms with Crippen LogP contribution in [0.15, 0.2) is 58.7 Å². The lowest BCUT2D eigenvalue weighted by atomic mass is 10.0. The van der Waals surface area contributed by atoms with Gasteiger partial charge in [-0.3, -0.25) is 14.6 Å². The molecule has 0 fully saturated rings. The van der Waals surface area contributed by atoms with Gasteiger partial charge in [0, 0.05) is 11.6 Å². The number of fused-ring (bicyclic) bond motifs is 1. The highest BCUT2D eigenvalue weighted by Gasteiger charge is 2.38. The number of halogens is 6. The van der Waals surface area contributed by atoms with Crippen molar-refractivity contribution in [3.05, 3.63) is 81.6 Å². The Bertz CT molecular complexity index is 1570. The molecular formula is C23H15F6N7OS. The minimum Gasteiger partial charge on any atom is -0.358 e. The third-order valence-electron chi connectivity index (χ3n) is 5.53. The maximum atomic E-state index is 13.5. The second kappa shape index (κ2) is 9.63. The Labute approximate surface area is 213 Å². The van der Waals surface area contributed by atoms with Gasteiger partial charge in [-0.15, -0.1) is 5.10 Å². The van der Waals surface area contributed by atoms with Crippen LogP contribution >= 0.6 is 11.8 Å². The van der Waals surface area contributed by atoms with Crippen molar-refractivity contribution in [2.45, 2.75) is 25.4 Å². The van der Waals surface area contributed by atoms with Gasteiger partial charge in [0.05, 0.1) is 40.8 Å². The van der Waals surface area contributed by atoms with Gasteiger partial charge in [0.15, 0.2) is 5.17 Å². The van der Waals surface area contributed by atoms with Crippen molar-refractivity contribution in [2.75, 3.05) is 0 Å². The third kappa shape index (κ3) is 5.41. The van der Waals surface area contributed by atoms with Gasteiger partial charge in [0.25, 0.3) is 5.91 Å². The quantitative estimate of drug-likeness (QED) is 0.268. The number of rotatable bonds is 5. The Kier molecular flexibility index (Phi) is 6.46.